The first kappa shape index (κ1) is 14.3. The summed E-state index contributed by atoms with van der Waals surface area (Å²) < 4.78 is 5.24. The van der Waals surface area contributed by atoms with E-state index in [1.807, 2.05) is 22.7 Å². The number of hydrogen-bond donors (Lipinski definition) is 1. The van der Waals surface area contributed by atoms with Gasteiger partial charge in [0.2, 0.25) is 11.8 Å². The van der Waals surface area contributed by atoms with E-state index in [9.17, 15) is 9.59 Å². The van der Waals surface area contributed by atoms with E-state index < -0.39 is 5.92 Å². The zero-order valence-corrected chi connectivity index (χ0v) is 12.7. The predicted molar refractivity (Wildman–Crippen MR) is 82.9 cm³/mol. The predicted octanol–water partition coefficient (Wildman–Crippen LogP) is 1.70. The molecule has 1 N–H and O–H groups in total. The standard InChI is InChI=1S/C15H18N2O3S/c1-20-10-2-3-13-11(8-10)12(9-14(18)16-13)15(19)17-4-6-21-7-5-17/h2-3,8,12H,4-7,9H2,1H3,(H,16,18)/t12-/m0/s1. The van der Waals surface area contributed by atoms with Crippen LogP contribution < -0.4 is 10.1 Å². The maximum Gasteiger partial charge on any atom is 0.230 e. The molecule has 1 aromatic carbocycles. The van der Waals surface area contributed by atoms with E-state index in [2.05, 4.69) is 5.32 Å². The second-order valence-electron chi connectivity index (χ2n) is 5.20. The Morgan fingerprint density at radius 3 is 2.86 bits per heavy atom. The summed E-state index contributed by atoms with van der Waals surface area (Å²) in [7, 11) is 1.60. The fraction of sp³-hybridized carbons (Fsp3) is 0.467. The molecule has 2 heterocycles. The van der Waals surface area contributed by atoms with E-state index in [0.717, 1.165) is 35.8 Å². The van der Waals surface area contributed by atoms with Crippen molar-refractivity contribution in [2.45, 2.75) is 12.3 Å². The van der Waals surface area contributed by atoms with Gasteiger partial charge in [-0.05, 0) is 23.8 Å². The number of amides is 2. The Balaban J connectivity index is 1.91. The number of carbonyl (C=O) groups excluding carboxylic acids is 2. The summed E-state index contributed by atoms with van der Waals surface area (Å²) in [5.41, 5.74) is 1.58. The van der Waals surface area contributed by atoms with Gasteiger partial charge in [-0.25, -0.2) is 0 Å². The number of ether oxygens (including phenoxy) is 1. The molecular weight excluding hydrogens is 288 g/mol. The van der Waals surface area contributed by atoms with Crippen molar-refractivity contribution >= 4 is 29.3 Å². The molecule has 0 radical (unpaired) electrons. The summed E-state index contributed by atoms with van der Waals surface area (Å²) in [4.78, 5) is 26.5. The molecule has 3 rings (SSSR count). The Labute approximate surface area is 128 Å². The van der Waals surface area contributed by atoms with Gasteiger partial charge in [0.05, 0.1) is 13.0 Å². The van der Waals surface area contributed by atoms with Gasteiger partial charge in [0.25, 0.3) is 0 Å². The van der Waals surface area contributed by atoms with E-state index in [4.69, 9.17) is 4.74 Å². The van der Waals surface area contributed by atoms with Crippen molar-refractivity contribution in [3.63, 3.8) is 0 Å². The van der Waals surface area contributed by atoms with Gasteiger partial charge in [0, 0.05) is 36.7 Å². The second kappa shape index (κ2) is 5.97. The van der Waals surface area contributed by atoms with Crippen LogP contribution in [0.4, 0.5) is 5.69 Å². The molecule has 112 valence electrons. The van der Waals surface area contributed by atoms with Gasteiger partial charge < -0.3 is 15.0 Å². The monoisotopic (exact) mass is 306 g/mol. The molecule has 21 heavy (non-hydrogen) atoms. The average Bonchev–Trinajstić information content (AvgIpc) is 2.53. The Morgan fingerprint density at radius 2 is 2.14 bits per heavy atom. The third-order valence-electron chi connectivity index (χ3n) is 3.92. The summed E-state index contributed by atoms with van der Waals surface area (Å²) in [5.74, 6) is 2.20. The molecule has 1 fully saturated rings. The molecule has 1 atom stereocenters. The third kappa shape index (κ3) is 2.85. The van der Waals surface area contributed by atoms with Crippen molar-refractivity contribution in [2.75, 3.05) is 37.0 Å². The largest absolute Gasteiger partial charge is 0.497 e. The number of rotatable bonds is 2. The van der Waals surface area contributed by atoms with Crippen LogP contribution >= 0.6 is 11.8 Å². The van der Waals surface area contributed by atoms with Crippen LogP contribution in [0.25, 0.3) is 0 Å². The molecule has 5 nitrogen and oxygen atoms in total. The van der Waals surface area contributed by atoms with Crippen LogP contribution in [0.2, 0.25) is 0 Å². The smallest absolute Gasteiger partial charge is 0.230 e. The van der Waals surface area contributed by atoms with Crippen LogP contribution in [-0.2, 0) is 9.59 Å². The highest BCUT2D eigenvalue weighted by Crippen LogP contribution is 2.36. The topological polar surface area (TPSA) is 58.6 Å². The Morgan fingerprint density at radius 1 is 1.38 bits per heavy atom. The molecule has 6 heteroatoms. The lowest BCUT2D eigenvalue weighted by atomic mass is 9.89. The van der Waals surface area contributed by atoms with E-state index in [1.54, 1.807) is 19.2 Å². The number of thioether (sulfide) groups is 1. The van der Waals surface area contributed by atoms with Gasteiger partial charge >= 0.3 is 0 Å². The van der Waals surface area contributed by atoms with Crippen molar-refractivity contribution in [3.8, 4) is 5.75 Å². The third-order valence-corrected chi connectivity index (χ3v) is 4.86. The minimum Gasteiger partial charge on any atom is -0.497 e. The Bertz CT molecular complexity index is 570. The number of benzene rings is 1. The number of methoxy groups -OCH3 is 1. The van der Waals surface area contributed by atoms with Gasteiger partial charge in [0.15, 0.2) is 0 Å². The quantitative estimate of drug-likeness (QED) is 0.903. The van der Waals surface area contributed by atoms with Crippen molar-refractivity contribution in [2.24, 2.45) is 0 Å². The molecular formula is C15H18N2O3S. The SMILES string of the molecule is COc1ccc2c(c1)[C@@H](C(=O)N1CCSCC1)CC(=O)N2. The number of anilines is 1. The average molecular weight is 306 g/mol. The van der Waals surface area contributed by atoms with E-state index in [1.165, 1.54) is 0 Å². The van der Waals surface area contributed by atoms with Gasteiger partial charge in [-0.1, -0.05) is 0 Å². The zero-order valence-electron chi connectivity index (χ0n) is 11.9. The van der Waals surface area contributed by atoms with Gasteiger partial charge in [0.1, 0.15) is 5.75 Å². The Hall–Kier alpha value is -1.69. The van der Waals surface area contributed by atoms with E-state index >= 15 is 0 Å². The van der Waals surface area contributed by atoms with Crippen molar-refractivity contribution < 1.29 is 14.3 Å². The first-order chi connectivity index (χ1) is 10.2. The first-order valence-corrected chi connectivity index (χ1v) is 8.19. The van der Waals surface area contributed by atoms with Crippen molar-refractivity contribution in [3.05, 3.63) is 23.8 Å². The van der Waals surface area contributed by atoms with Crippen LogP contribution in [0, 0.1) is 0 Å². The summed E-state index contributed by atoms with van der Waals surface area (Å²) in [6, 6.07) is 5.46. The highest BCUT2D eigenvalue weighted by molar-refractivity contribution is 7.99. The normalized spacial score (nSPS) is 21.5. The molecule has 0 bridgehead atoms. The van der Waals surface area contributed by atoms with E-state index in [0.29, 0.717) is 5.75 Å². The number of hydrogen-bond acceptors (Lipinski definition) is 4. The molecule has 2 amide bonds. The molecule has 0 unspecified atom stereocenters. The van der Waals surface area contributed by atoms with E-state index in [-0.39, 0.29) is 18.2 Å². The Kier molecular flexibility index (Phi) is 4.05. The second-order valence-corrected chi connectivity index (χ2v) is 6.42. The summed E-state index contributed by atoms with van der Waals surface area (Å²) in [6.07, 6.45) is 0.211. The molecule has 0 aliphatic carbocycles. The van der Waals surface area contributed by atoms with Gasteiger partial charge in [-0.15, -0.1) is 0 Å². The zero-order chi connectivity index (χ0) is 14.8. The number of nitrogens with zero attached hydrogens (tertiary/aromatic N) is 1. The van der Waals surface area contributed by atoms with Crippen LogP contribution in [0.3, 0.4) is 0 Å². The van der Waals surface area contributed by atoms with Crippen LogP contribution in [0.5, 0.6) is 5.75 Å². The summed E-state index contributed by atoms with van der Waals surface area (Å²) in [6.45, 7) is 1.53. The maximum absolute atomic E-state index is 12.8. The highest BCUT2D eigenvalue weighted by atomic mass is 32.2. The molecule has 0 spiro atoms. The lowest BCUT2D eigenvalue weighted by Crippen LogP contribution is -2.42. The van der Waals surface area contributed by atoms with Crippen molar-refractivity contribution in [1.29, 1.82) is 0 Å². The lowest BCUT2D eigenvalue weighted by molar-refractivity contribution is -0.134. The first-order valence-electron chi connectivity index (χ1n) is 7.03. The fourth-order valence-electron chi connectivity index (χ4n) is 2.79. The van der Waals surface area contributed by atoms with Crippen molar-refractivity contribution in [1.82, 2.24) is 4.90 Å². The lowest BCUT2D eigenvalue weighted by Gasteiger charge is -2.32. The molecule has 2 aliphatic rings. The highest BCUT2D eigenvalue weighted by Gasteiger charge is 2.34. The molecule has 2 aliphatic heterocycles. The van der Waals surface area contributed by atoms with Gasteiger partial charge in [-0.2, -0.15) is 11.8 Å². The summed E-state index contributed by atoms with van der Waals surface area (Å²) >= 11 is 1.86. The minimum absolute atomic E-state index is 0.0552. The summed E-state index contributed by atoms with van der Waals surface area (Å²) in [5, 5.41) is 2.83. The van der Waals surface area contributed by atoms with Crippen LogP contribution in [0.1, 0.15) is 17.9 Å². The molecule has 0 aromatic heterocycles. The van der Waals surface area contributed by atoms with Crippen LogP contribution in [-0.4, -0.2) is 48.4 Å². The number of fused-ring (bicyclic) bond motifs is 1. The van der Waals surface area contributed by atoms with Gasteiger partial charge in [-0.3, -0.25) is 9.59 Å². The number of carbonyl (C=O) groups is 2. The fourth-order valence-corrected chi connectivity index (χ4v) is 3.69. The minimum atomic E-state index is -0.396. The molecule has 1 saturated heterocycles. The molecule has 0 saturated carbocycles. The van der Waals surface area contributed by atoms with Crippen LogP contribution in [0.15, 0.2) is 18.2 Å². The maximum atomic E-state index is 12.8. The molecule has 1 aromatic rings. The number of nitrogens with one attached hydrogen (secondary N) is 1.